The lowest BCUT2D eigenvalue weighted by Gasteiger charge is -2.07. The number of aryl methyl sites for hydroxylation is 1. The van der Waals surface area contributed by atoms with E-state index in [1.165, 1.54) is 46.1 Å². The predicted molar refractivity (Wildman–Crippen MR) is 96.7 cm³/mol. The highest BCUT2D eigenvalue weighted by molar-refractivity contribution is 5.95. The van der Waals surface area contributed by atoms with Crippen LogP contribution < -0.4 is 4.74 Å². The van der Waals surface area contributed by atoms with Gasteiger partial charge in [-0.1, -0.05) is 31.5 Å². The molecule has 0 spiro atoms. The molecular formula is C21H21NO. The van der Waals surface area contributed by atoms with Gasteiger partial charge >= 0.3 is 0 Å². The first-order chi connectivity index (χ1) is 11.3. The van der Waals surface area contributed by atoms with Crippen LogP contribution in [0, 0.1) is 0 Å². The standard InChI is InChI=1S/C21H21NO/c1-3-4-7-18-19-8-5-6-16-11-14-20(22(16)19)21(18)15-9-12-17(23-2)13-10-15/h5-6,8-14H,3-4,7H2,1-2H3. The zero-order valence-corrected chi connectivity index (χ0v) is 13.7. The zero-order chi connectivity index (χ0) is 15.8. The van der Waals surface area contributed by atoms with Crippen molar-refractivity contribution in [3.63, 3.8) is 0 Å². The molecule has 3 aromatic heterocycles. The minimum Gasteiger partial charge on any atom is -0.497 e. The molecule has 0 atom stereocenters. The van der Waals surface area contributed by atoms with Crippen LogP contribution in [0.4, 0.5) is 0 Å². The summed E-state index contributed by atoms with van der Waals surface area (Å²) in [5.74, 6) is 0.903. The molecule has 23 heavy (non-hydrogen) atoms. The Balaban J connectivity index is 1.98. The van der Waals surface area contributed by atoms with Gasteiger partial charge in [-0.2, -0.15) is 0 Å². The van der Waals surface area contributed by atoms with E-state index >= 15 is 0 Å². The summed E-state index contributed by atoms with van der Waals surface area (Å²) in [7, 11) is 1.71. The largest absolute Gasteiger partial charge is 0.497 e. The van der Waals surface area contributed by atoms with Gasteiger partial charge in [0, 0.05) is 11.1 Å². The predicted octanol–water partition coefficient (Wildman–Crippen LogP) is 5.55. The third-order valence-electron chi connectivity index (χ3n) is 4.70. The molecule has 0 amide bonds. The lowest BCUT2D eigenvalue weighted by atomic mass is 9.97. The Bertz CT molecular complexity index is 934. The third kappa shape index (κ3) is 2.17. The van der Waals surface area contributed by atoms with Crippen molar-refractivity contribution in [2.24, 2.45) is 0 Å². The van der Waals surface area contributed by atoms with E-state index in [0.717, 1.165) is 12.2 Å². The maximum absolute atomic E-state index is 5.31. The molecular weight excluding hydrogens is 282 g/mol. The van der Waals surface area contributed by atoms with Gasteiger partial charge in [-0.05, 0) is 60.4 Å². The zero-order valence-electron chi connectivity index (χ0n) is 13.7. The van der Waals surface area contributed by atoms with Crippen LogP contribution in [-0.2, 0) is 6.42 Å². The summed E-state index contributed by atoms with van der Waals surface area (Å²) in [5, 5.41) is 0. The first-order valence-corrected chi connectivity index (χ1v) is 8.32. The van der Waals surface area contributed by atoms with E-state index in [0.29, 0.717) is 0 Å². The molecule has 0 unspecified atom stereocenters. The van der Waals surface area contributed by atoms with Crippen LogP contribution in [0.5, 0.6) is 5.75 Å². The Morgan fingerprint density at radius 3 is 2.48 bits per heavy atom. The second-order valence-electron chi connectivity index (χ2n) is 6.08. The van der Waals surface area contributed by atoms with E-state index in [1.807, 2.05) is 12.1 Å². The molecule has 0 radical (unpaired) electrons. The van der Waals surface area contributed by atoms with Gasteiger partial charge in [-0.25, -0.2) is 0 Å². The minimum absolute atomic E-state index is 0.903. The lowest BCUT2D eigenvalue weighted by Crippen LogP contribution is -1.89. The molecule has 4 aromatic rings. The quantitative estimate of drug-likeness (QED) is 0.471. The number of hydrogen-bond donors (Lipinski definition) is 0. The maximum Gasteiger partial charge on any atom is 0.118 e. The van der Waals surface area contributed by atoms with Crippen LogP contribution in [-0.4, -0.2) is 11.5 Å². The Morgan fingerprint density at radius 1 is 0.913 bits per heavy atom. The molecule has 1 aromatic carbocycles. The van der Waals surface area contributed by atoms with E-state index in [4.69, 9.17) is 4.74 Å². The highest BCUT2D eigenvalue weighted by atomic mass is 16.5. The average molecular weight is 303 g/mol. The van der Waals surface area contributed by atoms with E-state index in [9.17, 15) is 0 Å². The molecule has 2 nitrogen and oxygen atoms in total. The highest BCUT2D eigenvalue weighted by Crippen LogP contribution is 2.38. The number of nitrogens with zero attached hydrogens (tertiary/aromatic N) is 1. The van der Waals surface area contributed by atoms with E-state index in [1.54, 1.807) is 7.11 Å². The number of hydrogen-bond acceptors (Lipinski definition) is 1. The summed E-state index contributed by atoms with van der Waals surface area (Å²) in [6.07, 6.45) is 3.55. The Morgan fingerprint density at radius 2 is 1.74 bits per heavy atom. The van der Waals surface area contributed by atoms with E-state index in [-0.39, 0.29) is 0 Å². The second kappa shape index (κ2) is 5.62. The maximum atomic E-state index is 5.31. The molecule has 3 heterocycles. The van der Waals surface area contributed by atoms with Gasteiger partial charge in [-0.3, -0.25) is 0 Å². The van der Waals surface area contributed by atoms with Crippen LogP contribution in [0.3, 0.4) is 0 Å². The molecule has 0 saturated carbocycles. The number of pyridine rings is 1. The summed E-state index contributed by atoms with van der Waals surface area (Å²) in [4.78, 5) is 0. The molecule has 116 valence electrons. The molecule has 0 N–H and O–H groups in total. The van der Waals surface area contributed by atoms with Crippen molar-refractivity contribution in [3.8, 4) is 16.9 Å². The monoisotopic (exact) mass is 303 g/mol. The Hall–Kier alpha value is -2.48. The normalized spacial score (nSPS) is 11.6. The second-order valence-corrected chi connectivity index (χ2v) is 6.08. The molecule has 0 bridgehead atoms. The van der Waals surface area contributed by atoms with Crippen molar-refractivity contribution in [1.82, 2.24) is 4.40 Å². The summed E-state index contributed by atoms with van der Waals surface area (Å²) < 4.78 is 7.70. The lowest BCUT2D eigenvalue weighted by molar-refractivity contribution is 0.415. The number of rotatable bonds is 5. The fourth-order valence-electron chi connectivity index (χ4n) is 3.56. The fourth-order valence-corrected chi connectivity index (χ4v) is 3.56. The summed E-state index contributed by atoms with van der Waals surface area (Å²) in [6, 6.07) is 19.5. The SMILES string of the molecule is CCCCc1c(-c2ccc(OC)cc2)c2ccc3cccc1n32. The Kier molecular flexibility index (Phi) is 3.45. The van der Waals surface area contributed by atoms with Crippen molar-refractivity contribution < 1.29 is 4.74 Å². The van der Waals surface area contributed by atoms with Gasteiger partial charge in [0.25, 0.3) is 0 Å². The molecule has 0 saturated heterocycles. The molecule has 0 aliphatic rings. The van der Waals surface area contributed by atoms with E-state index in [2.05, 4.69) is 53.8 Å². The van der Waals surface area contributed by atoms with Crippen LogP contribution in [0.1, 0.15) is 25.3 Å². The molecule has 4 rings (SSSR count). The van der Waals surface area contributed by atoms with Crippen molar-refractivity contribution in [1.29, 1.82) is 0 Å². The van der Waals surface area contributed by atoms with Gasteiger partial charge in [-0.15, -0.1) is 0 Å². The van der Waals surface area contributed by atoms with Crippen LogP contribution in [0.2, 0.25) is 0 Å². The van der Waals surface area contributed by atoms with Crippen molar-refractivity contribution in [2.45, 2.75) is 26.2 Å². The fraction of sp³-hybridized carbons (Fsp3) is 0.238. The van der Waals surface area contributed by atoms with Gasteiger partial charge < -0.3 is 9.14 Å². The van der Waals surface area contributed by atoms with Gasteiger partial charge in [0.2, 0.25) is 0 Å². The Labute approximate surface area is 136 Å². The summed E-state index contributed by atoms with van der Waals surface area (Å²) in [6.45, 7) is 2.25. The van der Waals surface area contributed by atoms with Gasteiger partial charge in [0.1, 0.15) is 5.75 Å². The van der Waals surface area contributed by atoms with Crippen LogP contribution in [0.15, 0.2) is 54.6 Å². The number of benzene rings is 1. The average Bonchev–Trinajstić information content (AvgIpc) is 3.16. The molecule has 0 fully saturated rings. The van der Waals surface area contributed by atoms with Crippen LogP contribution >= 0.6 is 0 Å². The van der Waals surface area contributed by atoms with Crippen molar-refractivity contribution in [3.05, 3.63) is 60.2 Å². The van der Waals surface area contributed by atoms with Crippen molar-refractivity contribution in [2.75, 3.05) is 7.11 Å². The minimum atomic E-state index is 0.903. The molecule has 2 heteroatoms. The van der Waals surface area contributed by atoms with Gasteiger partial charge in [0.05, 0.1) is 18.1 Å². The van der Waals surface area contributed by atoms with Crippen molar-refractivity contribution >= 4 is 16.6 Å². The van der Waals surface area contributed by atoms with Crippen LogP contribution in [0.25, 0.3) is 27.7 Å². The topological polar surface area (TPSA) is 13.6 Å². The number of methoxy groups -OCH3 is 1. The van der Waals surface area contributed by atoms with Gasteiger partial charge in [0.15, 0.2) is 0 Å². The highest BCUT2D eigenvalue weighted by Gasteiger charge is 2.18. The first-order valence-electron chi connectivity index (χ1n) is 8.32. The molecule has 0 aliphatic heterocycles. The number of ether oxygens (including phenoxy) is 1. The summed E-state index contributed by atoms with van der Waals surface area (Å²) >= 11 is 0. The number of unbranched alkanes of at least 4 members (excludes halogenated alkanes) is 1. The third-order valence-corrected chi connectivity index (χ3v) is 4.70. The first kappa shape index (κ1) is 14.1. The molecule has 0 aliphatic carbocycles. The van der Waals surface area contributed by atoms with E-state index < -0.39 is 0 Å². The smallest absolute Gasteiger partial charge is 0.118 e. The summed E-state index contributed by atoms with van der Waals surface area (Å²) in [5.41, 5.74) is 8.05. The number of aromatic nitrogens is 1.